The van der Waals surface area contributed by atoms with E-state index in [1.54, 1.807) is 24.3 Å². The van der Waals surface area contributed by atoms with Gasteiger partial charge < -0.3 is 0 Å². The van der Waals surface area contributed by atoms with Crippen LogP contribution in [0.25, 0.3) is 0 Å². The zero-order valence-corrected chi connectivity index (χ0v) is 21.0. The molecule has 0 radical (unpaired) electrons. The van der Waals surface area contributed by atoms with Crippen LogP contribution in [0.1, 0.15) is 6.42 Å². The van der Waals surface area contributed by atoms with E-state index in [-0.39, 0.29) is 45.6 Å². The quantitative estimate of drug-likeness (QED) is 0.219. The molecule has 8 atom stereocenters. The van der Waals surface area contributed by atoms with E-state index >= 15 is 0 Å². The van der Waals surface area contributed by atoms with Crippen LogP contribution in [0.15, 0.2) is 38.8 Å². The fourth-order valence-corrected chi connectivity index (χ4v) is 10.4. The van der Waals surface area contributed by atoms with Crippen molar-refractivity contribution in [3.05, 3.63) is 38.8 Å². The number of alkyl halides is 4. The molecule has 3 saturated carbocycles. The van der Waals surface area contributed by atoms with Gasteiger partial charge in [-0.05, 0) is 54.4 Å². The molecule has 1 saturated heterocycles. The predicted octanol–water partition coefficient (Wildman–Crippen LogP) is 6.28. The highest BCUT2D eigenvalue weighted by atomic mass is 79.9. The Bertz CT molecular complexity index is 1020. The Labute approximate surface area is 211 Å². The fourth-order valence-electron chi connectivity index (χ4n) is 6.99. The van der Waals surface area contributed by atoms with E-state index in [1.165, 1.54) is 4.90 Å². The number of allylic oxidation sites excluding steroid dienone is 2. The summed E-state index contributed by atoms with van der Waals surface area (Å²) in [5, 5.41) is 0.301. The van der Waals surface area contributed by atoms with Crippen LogP contribution in [0, 0.1) is 35.5 Å². The molecule has 1 aliphatic heterocycles. The molecule has 0 unspecified atom stereocenters. The lowest BCUT2D eigenvalue weighted by Gasteiger charge is -2.42. The van der Waals surface area contributed by atoms with Gasteiger partial charge in [-0.3, -0.25) is 14.5 Å². The molecule has 0 aromatic heterocycles. The summed E-state index contributed by atoms with van der Waals surface area (Å²) in [6, 6.07) is 7.09. The average molecular weight is 591 g/mol. The Morgan fingerprint density at radius 2 is 1.27 bits per heavy atom. The van der Waals surface area contributed by atoms with Gasteiger partial charge in [-0.2, -0.15) is 0 Å². The third kappa shape index (κ3) is 1.94. The van der Waals surface area contributed by atoms with E-state index in [2.05, 4.69) is 15.9 Å². The van der Waals surface area contributed by atoms with E-state index in [4.69, 9.17) is 69.6 Å². The molecule has 6 rings (SSSR count). The van der Waals surface area contributed by atoms with Crippen LogP contribution in [0.5, 0.6) is 0 Å². The summed E-state index contributed by atoms with van der Waals surface area (Å²) in [5.41, 5.74) is 0.550. The second kappa shape index (κ2) is 6.05. The maximum Gasteiger partial charge on any atom is 0.237 e. The third-order valence-electron chi connectivity index (χ3n) is 7.92. The number of fused-ring (bicyclic) bond motifs is 12. The summed E-state index contributed by atoms with van der Waals surface area (Å²) in [6.45, 7) is 0. The molecule has 30 heavy (non-hydrogen) atoms. The number of carbonyl (C=O) groups excluding carboxylic acids is 2. The molecule has 0 spiro atoms. The molecule has 158 valence electrons. The predicted molar refractivity (Wildman–Crippen MR) is 123 cm³/mol. The molecule has 1 aromatic carbocycles. The Kier molecular flexibility index (Phi) is 4.22. The number of benzene rings is 1. The second-order valence-electron chi connectivity index (χ2n) is 8.78. The van der Waals surface area contributed by atoms with Gasteiger partial charge in [0.1, 0.15) is 9.75 Å². The minimum Gasteiger partial charge on any atom is -0.274 e. The summed E-state index contributed by atoms with van der Waals surface area (Å²) >= 11 is 43.9. The molecule has 4 fully saturated rings. The van der Waals surface area contributed by atoms with Gasteiger partial charge in [-0.25, -0.2) is 0 Å². The van der Waals surface area contributed by atoms with Gasteiger partial charge in [-0.1, -0.05) is 62.3 Å². The lowest BCUT2D eigenvalue weighted by Crippen LogP contribution is -2.46. The molecule has 1 heterocycles. The molecule has 5 aliphatic rings. The number of rotatable bonds is 1. The van der Waals surface area contributed by atoms with E-state index in [0.717, 1.165) is 4.47 Å². The highest BCUT2D eigenvalue weighted by molar-refractivity contribution is 9.10. The number of halogens is 7. The van der Waals surface area contributed by atoms with Gasteiger partial charge in [0.25, 0.3) is 0 Å². The SMILES string of the molecule is O=C1[C@@H]2[C@H]3C[C@@H]([C@@H]2C(=O)N1c1ccc(Br)cc1)[C@@H]1[C@H]3[C@@]2(Cl)C(Cl)=C(Cl)[C@@]1(Cl)C2(Cl)Cl. The number of amides is 2. The Balaban J connectivity index is 1.47. The Morgan fingerprint density at radius 3 is 1.70 bits per heavy atom. The lowest BCUT2D eigenvalue weighted by molar-refractivity contribution is -0.123. The lowest BCUT2D eigenvalue weighted by atomic mass is 9.65. The first-order valence-electron chi connectivity index (χ1n) is 9.44. The van der Waals surface area contributed by atoms with Gasteiger partial charge in [0.2, 0.25) is 11.8 Å². The van der Waals surface area contributed by atoms with Crippen molar-refractivity contribution < 1.29 is 9.59 Å². The monoisotopic (exact) mass is 587 g/mol. The standard InChI is InChI=1S/C20H12BrCl6NO2/c21-6-1-3-7(4-2-6)28-16(29)10-8-5-9(11(10)17(28)30)13-12(8)18(24)14(22)15(23)19(13,25)20(18,26)27/h1-4,8-13H,5H2/t8-,9+,10-,11+,12+,13-,18-,19-/m1/s1. The number of carbonyl (C=O) groups is 2. The molecule has 4 aliphatic carbocycles. The van der Waals surface area contributed by atoms with E-state index in [1.807, 2.05) is 0 Å². The molecular weight excluding hydrogens is 579 g/mol. The first kappa shape index (κ1) is 20.9. The molecule has 3 nitrogen and oxygen atoms in total. The fraction of sp³-hybridized carbons (Fsp3) is 0.500. The minimum atomic E-state index is -1.64. The zero-order chi connectivity index (χ0) is 21.5. The van der Waals surface area contributed by atoms with Crippen molar-refractivity contribution in [3.8, 4) is 0 Å². The molecule has 1 aromatic rings. The summed E-state index contributed by atoms with van der Waals surface area (Å²) in [6.07, 6.45) is 0.650. The summed E-state index contributed by atoms with van der Waals surface area (Å²) < 4.78 is -0.777. The number of anilines is 1. The van der Waals surface area contributed by atoms with Crippen LogP contribution in [-0.4, -0.2) is 25.9 Å². The van der Waals surface area contributed by atoms with E-state index in [9.17, 15) is 9.59 Å². The summed E-state index contributed by atoms with van der Waals surface area (Å²) in [7, 11) is 0. The first-order chi connectivity index (χ1) is 14.0. The van der Waals surface area contributed by atoms with Crippen molar-refractivity contribution in [1.29, 1.82) is 0 Å². The van der Waals surface area contributed by atoms with Gasteiger partial charge >= 0.3 is 0 Å². The molecule has 0 N–H and O–H groups in total. The van der Waals surface area contributed by atoms with Crippen LogP contribution >= 0.6 is 85.5 Å². The van der Waals surface area contributed by atoms with Crippen molar-refractivity contribution in [2.24, 2.45) is 35.5 Å². The molecule has 2 amide bonds. The summed E-state index contributed by atoms with van der Waals surface area (Å²) in [4.78, 5) is 25.4. The normalized spacial score (nSPS) is 47.5. The van der Waals surface area contributed by atoms with Crippen molar-refractivity contribution in [2.45, 2.75) is 20.5 Å². The van der Waals surface area contributed by atoms with E-state index < -0.39 is 25.9 Å². The number of hydrogen-bond acceptors (Lipinski definition) is 2. The maximum atomic E-state index is 13.4. The Morgan fingerprint density at radius 1 is 0.833 bits per heavy atom. The Hall–Kier alpha value is 0.320. The van der Waals surface area contributed by atoms with Crippen molar-refractivity contribution in [2.75, 3.05) is 4.90 Å². The molecular formula is C20H12BrCl6NO2. The number of nitrogens with zero attached hydrogens (tertiary/aromatic N) is 1. The first-order valence-corrected chi connectivity index (χ1v) is 12.5. The minimum absolute atomic E-state index is 0.151. The topological polar surface area (TPSA) is 37.4 Å². The molecule has 4 bridgehead atoms. The van der Waals surface area contributed by atoms with Gasteiger partial charge in [0.05, 0.1) is 27.6 Å². The van der Waals surface area contributed by atoms with Crippen LogP contribution in [-0.2, 0) is 9.59 Å². The highest BCUT2D eigenvalue weighted by Gasteiger charge is 2.88. The number of hydrogen-bond donors (Lipinski definition) is 0. The third-order valence-corrected chi connectivity index (χ3v) is 12.7. The van der Waals surface area contributed by atoms with Crippen LogP contribution in [0.2, 0.25) is 0 Å². The highest BCUT2D eigenvalue weighted by Crippen LogP contribution is 2.84. The van der Waals surface area contributed by atoms with Crippen LogP contribution < -0.4 is 4.90 Å². The van der Waals surface area contributed by atoms with Gasteiger partial charge in [0.15, 0.2) is 4.33 Å². The number of imide groups is 1. The smallest absolute Gasteiger partial charge is 0.237 e. The van der Waals surface area contributed by atoms with Crippen molar-refractivity contribution in [1.82, 2.24) is 0 Å². The second-order valence-corrected chi connectivity index (χ2v) is 13.0. The van der Waals surface area contributed by atoms with Gasteiger partial charge in [-0.15, -0.1) is 23.2 Å². The zero-order valence-electron chi connectivity index (χ0n) is 14.9. The van der Waals surface area contributed by atoms with Crippen LogP contribution in [0.4, 0.5) is 5.69 Å². The largest absolute Gasteiger partial charge is 0.274 e. The molecule has 10 heteroatoms. The maximum absolute atomic E-state index is 13.4. The van der Waals surface area contributed by atoms with Gasteiger partial charge in [0, 0.05) is 4.47 Å². The average Bonchev–Trinajstić information content (AvgIpc) is 3.39. The van der Waals surface area contributed by atoms with Crippen molar-refractivity contribution in [3.63, 3.8) is 0 Å². The van der Waals surface area contributed by atoms with E-state index in [0.29, 0.717) is 12.1 Å². The van der Waals surface area contributed by atoms with Crippen LogP contribution in [0.3, 0.4) is 0 Å². The van der Waals surface area contributed by atoms with Crippen molar-refractivity contribution >= 4 is 103 Å². The summed E-state index contributed by atoms with van der Waals surface area (Å²) in [5.74, 6) is -2.49.